The van der Waals surface area contributed by atoms with E-state index in [4.69, 9.17) is 23.8 Å². The molecule has 0 saturated heterocycles. The molecule has 1 aromatic rings. The minimum atomic E-state index is -4.40. The third kappa shape index (κ3) is 4.74. The molecule has 0 radical (unpaired) electrons. The van der Waals surface area contributed by atoms with Gasteiger partial charge in [0.15, 0.2) is 5.11 Å². The summed E-state index contributed by atoms with van der Waals surface area (Å²) in [6.07, 6.45) is 1.29. The van der Waals surface area contributed by atoms with Crippen molar-refractivity contribution in [2.45, 2.75) is 44.3 Å². The quantitative estimate of drug-likeness (QED) is 0.745. The van der Waals surface area contributed by atoms with Crippen molar-refractivity contribution in [3.8, 4) is 0 Å². The molecule has 2 rings (SSSR count). The van der Waals surface area contributed by atoms with Crippen LogP contribution in [0.1, 0.15) is 37.7 Å². The topological polar surface area (TPSA) is 24.1 Å². The van der Waals surface area contributed by atoms with E-state index in [0.29, 0.717) is 16.8 Å². The van der Waals surface area contributed by atoms with Crippen molar-refractivity contribution in [2.75, 3.05) is 5.32 Å². The van der Waals surface area contributed by atoms with E-state index in [2.05, 4.69) is 10.6 Å². The van der Waals surface area contributed by atoms with Crippen molar-refractivity contribution in [3.05, 3.63) is 28.8 Å². The smallest absolute Gasteiger partial charge is 0.360 e. The lowest BCUT2D eigenvalue weighted by molar-refractivity contribution is -0.137. The van der Waals surface area contributed by atoms with Gasteiger partial charge in [-0.15, -0.1) is 0 Å². The minimum Gasteiger partial charge on any atom is -0.360 e. The van der Waals surface area contributed by atoms with E-state index in [1.54, 1.807) is 0 Å². The number of rotatable bonds is 2. The molecular weight excluding hydrogens is 321 g/mol. The highest BCUT2D eigenvalue weighted by Crippen LogP contribution is 2.33. The molecule has 7 heteroatoms. The second-order valence-corrected chi connectivity index (χ2v) is 5.94. The lowest BCUT2D eigenvalue weighted by Crippen LogP contribution is -2.38. The molecule has 1 saturated carbocycles. The fraction of sp³-hybridized carbons (Fsp3) is 0.500. The molecule has 0 amide bonds. The molecule has 0 atom stereocenters. The van der Waals surface area contributed by atoms with Gasteiger partial charge in [-0.25, -0.2) is 0 Å². The van der Waals surface area contributed by atoms with E-state index in [1.165, 1.54) is 25.3 Å². The Labute approximate surface area is 132 Å². The van der Waals surface area contributed by atoms with Crippen LogP contribution in [0.4, 0.5) is 18.9 Å². The monoisotopic (exact) mass is 336 g/mol. The molecule has 1 aromatic carbocycles. The van der Waals surface area contributed by atoms with E-state index in [-0.39, 0.29) is 5.02 Å². The summed E-state index contributed by atoms with van der Waals surface area (Å²) in [5.41, 5.74) is -0.401. The first-order chi connectivity index (χ1) is 9.86. The maximum absolute atomic E-state index is 12.6. The molecule has 1 fully saturated rings. The van der Waals surface area contributed by atoms with Crippen LogP contribution < -0.4 is 10.6 Å². The molecule has 1 aliphatic carbocycles. The Balaban J connectivity index is 1.97. The van der Waals surface area contributed by atoms with Gasteiger partial charge in [-0.1, -0.05) is 30.9 Å². The van der Waals surface area contributed by atoms with E-state index < -0.39 is 11.7 Å². The largest absolute Gasteiger partial charge is 0.416 e. The van der Waals surface area contributed by atoms with Crippen LogP contribution in [-0.2, 0) is 6.18 Å². The lowest BCUT2D eigenvalue weighted by atomic mass is 9.96. The second-order valence-electron chi connectivity index (χ2n) is 5.13. The van der Waals surface area contributed by atoms with Crippen LogP contribution >= 0.6 is 23.8 Å². The van der Waals surface area contributed by atoms with Gasteiger partial charge in [-0.05, 0) is 43.3 Å². The molecule has 21 heavy (non-hydrogen) atoms. The van der Waals surface area contributed by atoms with Gasteiger partial charge in [0.1, 0.15) is 0 Å². The summed E-state index contributed by atoms with van der Waals surface area (Å²) >= 11 is 11.1. The Morgan fingerprint density at radius 2 is 1.86 bits per heavy atom. The molecular formula is C14H16ClF3N2S. The highest BCUT2D eigenvalue weighted by molar-refractivity contribution is 7.80. The van der Waals surface area contributed by atoms with Crippen LogP contribution in [0.15, 0.2) is 18.2 Å². The standard InChI is InChI=1S/C14H16ClF3N2S/c15-11-8-9(14(16,17)18)6-7-12(11)20-13(21)19-10-4-2-1-3-5-10/h6-8,10H,1-5H2,(H2,19,20,21). The van der Waals surface area contributed by atoms with E-state index in [0.717, 1.165) is 25.0 Å². The van der Waals surface area contributed by atoms with Crippen molar-refractivity contribution in [1.29, 1.82) is 0 Å². The highest BCUT2D eigenvalue weighted by Gasteiger charge is 2.30. The van der Waals surface area contributed by atoms with Gasteiger partial charge < -0.3 is 10.6 Å². The molecule has 0 aliphatic heterocycles. The van der Waals surface area contributed by atoms with Gasteiger partial charge in [0, 0.05) is 6.04 Å². The Bertz CT molecular complexity index is 513. The van der Waals surface area contributed by atoms with Crippen molar-refractivity contribution in [2.24, 2.45) is 0 Å². The third-order valence-corrected chi connectivity index (χ3v) is 4.02. The predicted octanol–water partition coefficient (Wildman–Crippen LogP) is 4.98. The summed E-state index contributed by atoms with van der Waals surface area (Å²) in [6.45, 7) is 0. The molecule has 0 spiro atoms. The maximum Gasteiger partial charge on any atom is 0.416 e. The number of nitrogens with one attached hydrogen (secondary N) is 2. The average molecular weight is 337 g/mol. The highest BCUT2D eigenvalue weighted by atomic mass is 35.5. The van der Waals surface area contributed by atoms with E-state index >= 15 is 0 Å². The van der Waals surface area contributed by atoms with Gasteiger partial charge in [0.2, 0.25) is 0 Å². The first kappa shape index (κ1) is 16.4. The molecule has 0 bridgehead atoms. The summed E-state index contributed by atoms with van der Waals surface area (Å²) in [6, 6.07) is 3.50. The van der Waals surface area contributed by atoms with E-state index in [1.807, 2.05) is 0 Å². The maximum atomic E-state index is 12.6. The van der Waals surface area contributed by atoms with Crippen molar-refractivity contribution in [3.63, 3.8) is 0 Å². The normalized spacial score (nSPS) is 16.6. The summed E-state index contributed by atoms with van der Waals surface area (Å²) in [5, 5.41) is 6.43. The summed E-state index contributed by atoms with van der Waals surface area (Å²) < 4.78 is 37.7. The first-order valence-electron chi connectivity index (χ1n) is 6.80. The van der Waals surface area contributed by atoms with Crippen LogP contribution in [0.25, 0.3) is 0 Å². The van der Waals surface area contributed by atoms with Crippen LogP contribution in [0.2, 0.25) is 5.02 Å². The Morgan fingerprint density at radius 3 is 2.43 bits per heavy atom. The second kappa shape index (κ2) is 6.83. The molecule has 0 aromatic heterocycles. The van der Waals surface area contributed by atoms with Crippen LogP contribution in [0.3, 0.4) is 0 Å². The lowest BCUT2D eigenvalue weighted by Gasteiger charge is -2.24. The zero-order valence-electron chi connectivity index (χ0n) is 11.3. The third-order valence-electron chi connectivity index (χ3n) is 3.49. The van der Waals surface area contributed by atoms with Gasteiger partial charge in [-0.2, -0.15) is 13.2 Å². The molecule has 116 valence electrons. The first-order valence-corrected chi connectivity index (χ1v) is 7.59. The van der Waals surface area contributed by atoms with Crippen LogP contribution in [0.5, 0.6) is 0 Å². The Kier molecular flexibility index (Phi) is 5.32. The summed E-state index contributed by atoms with van der Waals surface area (Å²) in [7, 11) is 0. The number of alkyl halides is 3. The van der Waals surface area contributed by atoms with Gasteiger partial charge in [-0.3, -0.25) is 0 Å². The fourth-order valence-corrected chi connectivity index (χ4v) is 2.89. The van der Waals surface area contributed by atoms with E-state index in [9.17, 15) is 13.2 Å². The molecule has 0 heterocycles. The number of halogens is 4. The van der Waals surface area contributed by atoms with Crippen LogP contribution in [-0.4, -0.2) is 11.2 Å². The number of anilines is 1. The fourth-order valence-electron chi connectivity index (χ4n) is 2.38. The zero-order chi connectivity index (χ0) is 15.5. The van der Waals surface area contributed by atoms with Gasteiger partial charge >= 0.3 is 6.18 Å². The SMILES string of the molecule is FC(F)(F)c1ccc(NC(=S)NC2CCCCC2)c(Cl)c1. The molecule has 0 unspecified atom stereocenters. The molecule has 2 nitrogen and oxygen atoms in total. The molecule has 1 aliphatic rings. The van der Waals surface area contributed by atoms with Crippen LogP contribution in [0, 0.1) is 0 Å². The summed E-state index contributed by atoms with van der Waals surface area (Å²) in [5.74, 6) is 0. The minimum absolute atomic E-state index is 0.00220. The van der Waals surface area contributed by atoms with Crippen molar-refractivity contribution in [1.82, 2.24) is 5.32 Å². The Hall–Kier alpha value is -1.01. The average Bonchev–Trinajstić information content (AvgIpc) is 2.41. The Morgan fingerprint density at radius 1 is 1.19 bits per heavy atom. The van der Waals surface area contributed by atoms with Crippen molar-refractivity contribution < 1.29 is 13.2 Å². The predicted molar refractivity (Wildman–Crippen MR) is 82.7 cm³/mol. The number of benzene rings is 1. The molecule has 2 N–H and O–H groups in total. The number of thiocarbonyl (C=S) groups is 1. The summed E-state index contributed by atoms with van der Waals surface area (Å²) in [4.78, 5) is 0. The zero-order valence-corrected chi connectivity index (χ0v) is 12.8. The van der Waals surface area contributed by atoms with Crippen molar-refractivity contribution >= 4 is 34.6 Å². The van der Waals surface area contributed by atoms with Gasteiger partial charge in [0.05, 0.1) is 16.3 Å². The number of hydrogen-bond acceptors (Lipinski definition) is 1. The number of hydrogen-bond donors (Lipinski definition) is 2. The van der Waals surface area contributed by atoms with Gasteiger partial charge in [0.25, 0.3) is 0 Å².